The lowest BCUT2D eigenvalue weighted by Crippen LogP contribution is -2.59. The number of hydrogen-bond donors (Lipinski definition) is 0. The zero-order chi connectivity index (χ0) is 27.4. The summed E-state index contributed by atoms with van der Waals surface area (Å²) in [4.78, 5) is 12.7. The third-order valence-corrected chi connectivity index (χ3v) is 12.7. The summed E-state index contributed by atoms with van der Waals surface area (Å²) in [5, 5.41) is 0. The van der Waals surface area contributed by atoms with Gasteiger partial charge in [-0.3, -0.25) is 0 Å². The Morgan fingerprint density at radius 2 is 1.82 bits per heavy atom. The van der Waals surface area contributed by atoms with Crippen molar-refractivity contribution in [3.63, 3.8) is 0 Å². The molecular weight excluding hydrogens is 480 g/mol. The lowest BCUT2D eigenvalue weighted by atomic mass is 9.44. The second kappa shape index (κ2) is 10.3. The van der Waals surface area contributed by atoms with Crippen LogP contribution in [0.2, 0.25) is 0 Å². The summed E-state index contributed by atoms with van der Waals surface area (Å²) >= 11 is 0. The predicted octanol–water partition coefficient (Wildman–Crippen LogP) is 8.86. The number of ether oxygens (including phenoxy) is 2. The van der Waals surface area contributed by atoms with E-state index in [1.54, 1.807) is 6.08 Å². The lowest BCUT2D eigenvalue weighted by Gasteiger charge is -2.59. The Labute approximate surface area is 237 Å². The van der Waals surface area contributed by atoms with Crippen molar-refractivity contribution in [2.24, 2.45) is 46.3 Å². The fourth-order valence-corrected chi connectivity index (χ4v) is 10.7. The highest BCUT2D eigenvalue weighted by Gasteiger charge is 2.76. The van der Waals surface area contributed by atoms with Crippen molar-refractivity contribution in [1.82, 2.24) is 0 Å². The fourth-order valence-electron chi connectivity index (χ4n) is 10.7. The molecule has 1 heterocycles. The van der Waals surface area contributed by atoms with E-state index in [2.05, 4.69) is 34.6 Å². The molecule has 1 saturated heterocycles. The van der Waals surface area contributed by atoms with Gasteiger partial charge in [-0.1, -0.05) is 84.2 Å². The molecule has 5 aliphatic rings. The highest BCUT2D eigenvalue weighted by molar-refractivity contribution is 5.87. The summed E-state index contributed by atoms with van der Waals surface area (Å²) < 4.78 is 12.7. The molecule has 0 N–H and O–H groups in total. The van der Waals surface area contributed by atoms with Crippen molar-refractivity contribution >= 4 is 12.0 Å². The molecule has 1 aromatic carbocycles. The van der Waals surface area contributed by atoms with Crippen molar-refractivity contribution in [2.75, 3.05) is 0 Å². The molecule has 214 valence electrons. The third-order valence-electron chi connectivity index (χ3n) is 12.7. The highest BCUT2D eigenvalue weighted by Crippen LogP contribution is 2.74. The Hall–Kier alpha value is -1.61. The number of hydrogen-bond acceptors (Lipinski definition) is 3. The van der Waals surface area contributed by atoms with Crippen molar-refractivity contribution in [1.29, 1.82) is 0 Å². The van der Waals surface area contributed by atoms with Crippen LogP contribution < -0.4 is 0 Å². The lowest BCUT2D eigenvalue weighted by molar-refractivity contribution is -0.154. The molecule has 6 rings (SSSR count). The Kier molecular flexibility index (Phi) is 7.31. The standard InChI is InChI=1S/C36H52O3/c1-24(2)10-9-11-25(3)29-15-16-30-28-22-32-36(39-32)23-27(38-33(37)17-14-26-12-7-6-8-13-26)18-21-35(36,5)31(28)19-20-34(29,30)4/h6-8,12-14,17,24-25,27-32H,9-11,15-16,18-23H2,1-5H3/b17-14+/t25-,27+,28+,29-,30+,31+,32-,34-,35-,36-/m1/s1. The molecule has 10 atom stereocenters. The van der Waals surface area contributed by atoms with Crippen LogP contribution in [-0.2, 0) is 14.3 Å². The summed E-state index contributed by atoms with van der Waals surface area (Å²) in [5.41, 5.74) is 1.71. The second-order valence-electron chi connectivity index (χ2n) is 15.1. The van der Waals surface area contributed by atoms with Crippen LogP contribution in [0.25, 0.3) is 6.08 Å². The van der Waals surface area contributed by atoms with Crippen molar-refractivity contribution in [2.45, 2.75) is 123 Å². The van der Waals surface area contributed by atoms with Crippen LogP contribution in [-0.4, -0.2) is 23.8 Å². The molecule has 1 aromatic rings. The van der Waals surface area contributed by atoms with E-state index >= 15 is 0 Å². The number of carbonyl (C=O) groups is 1. The number of epoxide rings is 1. The molecule has 4 aliphatic carbocycles. The second-order valence-corrected chi connectivity index (χ2v) is 15.1. The molecule has 1 spiro atoms. The quantitative estimate of drug-likeness (QED) is 0.191. The number of fused-ring (bicyclic) bond motifs is 4. The van der Waals surface area contributed by atoms with Gasteiger partial charge in [0.1, 0.15) is 11.7 Å². The van der Waals surface area contributed by atoms with Crippen molar-refractivity contribution in [3.05, 3.63) is 42.0 Å². The maximum absolute atomic E-state index is 12.7. The molecule has 39 heavy (non-hydrogen) atoms. The average molecular weight is 533 g/mol. The van der Waals surface area contributed by atoms with Gasteiger partial charge in [-0.05, 0) is 97.5 Å². The monoisotopic (exact) mass is 532 g/mol. The number of benzene rings is 1. The third kappa shape index (κ3) is 4.73. The van der Waals surface area contributed by atoms with Gasteiger partial charge < -0.3 is 9.47 Å². The zero-order valence-corrected chi connectivity index (χ0v) is 25.2. The van der Waals surface area contributed by atoms with Crippen molar-refractivity contribution < 1.29 is 14.3 Å². The maximum Gasteiger partial charge on any atom is 0.331 e. The molecule has 3 heteroatoms. The van der Waals surface area contributed by atoms with Gasteiger partial charge in [-0.15, -0.1) is 0 Å². The largest absolute Gasteiger partial charge is 0.459 e. The van der Waals surface area contributed by atoms with Crippen LogP contribution >= 0.6 is 0 Å². The first-order valence-corrected chi connectivity index (χ1v) is 16.3. The fraction of sp³-hybridized carbons (Fsp3) is 0.750. The van der Waals surface area contributed by atoms with Crippen LogP contribution in [0.15, 0.2) is 36.4 Å². The van der Waals surface area contributed by atoms with E-state index in [9.17, 15) is 4.79 Å². The van der Waals surface area contributed by atoms with Gasteiger partial charge in [0.15, 0.2) is 0 Å². The SMILES string of the molecule is CC(C)CCC[C@@H](C)[C@H]1CC[C@H]2[C@@H]3C[C@H]4O[C@]45C[C@@H](OC(=O)/C=C/c4ccccc4)CC[C@]5(C)[C@H]3CC[C@]12C. The first-order valence-electron chi connectivity index (χ1n) is 16.3. The van der Waals surface area contributed by atoms with Crippen LogP contribution in [0.4, 0.5) is 0 Å². The molecule has 0 amide bonds. The van der Waals surface area contributed by atoms with E-state index in [4.69, 9.17) is 9.47 Å². The van der Waals surface area contributed by atoms with Gasteiger partial charge in [-0.25, -0.2) is 4.79 Å². The molecular formula is C36H52O3. The normalized spacial score (nSPS) is 43.3. The summed E-state index contributed by atoms with van der Waals surface area (Å²) in [5.74, 6) is 4.80. The van der Waals surface area contributed by atoms with Gasteiger partial charge in [-0.2, -0.15) is 0 Å². The van der Waals surface area contributed by atoms with Gasteiger partial charge in [0, 0.05) is 17.9 Å². The minimum atomic E-state index is -0.220. The minimum Gasteiger partial charge on any atom is -0.459 e. The van der Waals surface area contributed by atoms with Gasteiger partial charge in [0.2, 0.25) is 0 Å². The highest BCUT2D eigenvalue weighted by atomic mass is 16.6. The number of esters is 1. The smallest absolute Gasteiger partial charge is 0.331 e. The molecule has 5 fully saturated rings. The minimum absolute atomic E-state index is 0.0241. The molecule has 4 saturated carbocycles. The van der Waals surface area contributed by atoms with E-state index in [-0.39, 0.29) is 23.1 Å². The molecule has 0 aromatic heterocycles. The van der Waals surface area contributed by atoms with Crippen LogP contribution in [0.5, 0.6) is 0 Å². The zero-order valence-electron chi connectivity index (χ0n) is 25.2. The van der Waals surface area contributed by atoms with Crippen LogP contribution in [0.1, 0.15) is 111 Å². The summed E-state index contributed by atoms with van der Waals surface area (Å²) in [6.07, 6.45) is 17.8. The molecule has 0 bridgehead atoms. The molecule has 1 aliphatic heterocycles. The van der Waals surface area contributed by atoms with Gasteiger partial charge in [0.05, 0.1) is 6.10 Å². The Morgan fingerprint density at radius 1 is 1.03 bits per heavy atom. The molecule has 3 nitrogen and oxygen atoms in total. The maximum atomic E-state index is 12.7. The van der Waals surface area contributed by atoms with E-state index in [0.29, 0.717) is 11.5 Å². The number of carbonyl (C=O) groups excluding carboxylic acids is 1. The molecule has 0 radical (unpaired) electrons. The summed E-state index contributed by atoms with van der Waals surface area (Å²) in [7, 11) is 0. The Bertz CT molecular complexity index is 1060. The predicted molar refractivity (Wildman–Crippen MR) is 158 cm³/mol. The molecule has 0 unspecified atom stereocenters. The van der Waals surface area contributed by atoms with E-state index < -0.39 is 0 Å². The van der Waals surface area contributed by atoms with E-state index in [1.807, 2.05) is 36.4 Å². The van der Waals surface area contributed by atoms with Crippen molar-refractivity contribution in [3.8, 4) is 0 Å². The average Bonchev–Trinajstić information content (AvgIpc) is 3.49. The summed E-state index contributed by atoms with van der Waals surface area (Å²) in [6, 6.07) is 9.97. The van der Waals surface area contributed by atoms with Gasteiger partial charge in [0.25, 0.3) is 0 Å². The van der Waals surface area contributed by atoms with E-state index in [0.717, 1.165) is 60.3 Å². The topological polar surface area (TPSA) is 38.8 Å². The van der Waals surface area contributed by atoms with Crippen LogP contribution in [0, 0.1) is 46.3 Å². The number of rotatable bonds is 8. The first-order chi connectivity index (χ1) is 18.7. The van der Waals surface area contributed by atoms with Crippen LogP contribution in [0.3, 0.4) is 0 Å². The van der Waals surface area contributed by atoms with Gasteiger partial charge >= 0.3 is 5.97 Å². The first kappa shape index (κ1) is 27.6. The Morgan fingerprint density at radius 3 is 2.59 bits per heavy atom. The Balaban J connectivity index is 1.10. The summed E-state index contributed by atoms with van der Waals surface area (Å²) in [6.45, 7) is 12.5. The van der Waals surface area contributed by atoms with E-state index in [1.165, 1.54) is 51.4 Å².